The number of rotatable bonds is 7. The molecule has 2 rings (SSSR count). The Morgan fingerprint density at radius 1 is 1.00 bits per heavy atom. The highest BCUT2D eigenvalue weighted by molar-refractivity contribution is 7.13. The van der Waals surface area contributed by atoms with Crippen LogP contribution in [0.25, 0.3) is 0 Å². The van der Waals surface area contributed by atoms with Gasteiger partial charge in [0.2, 0.25) is 10.3 Å². The third kappa shape index (κ3) is 3.36. The Hall–Kier alpha value is -1.28. The van der Waals surface area contributed by atoms with Crippen LogP contribution in [0.2, 0.25) is 0 Å². The summed E-state index contributed by atoms with van der Waals surface area (Å²) in [4.78, 5) is 0. The quantitative estimate of drug-likeness (QED) is 0.761. The van der Waals surface area contributed by atoms with Gasteiger partial charge in [-0.15, -0.1) is 20.4 Å². The van der Waals surface area contributed by atoms with Crippen molar-refractivity contribution in [3.63, 3.8) is 0 Å². The van der Waals surface area contributed by atoms with E-state index >= 15 is 0 Å². The third-order valence-corrected chi connectivity index (χ3v) is 4.04. The van der Waals surface area contributed by atoms with E-state index in [-0.39, 0.29) is 6.17 Å². The molecule has 2 aromatic heterocycles. The maximum atomic E-state index is 4.02. The molecule has 0 saturated heterocycles. The SMILES string of the molecule is CCC(CC)C(Nc1nncs1)Nc1nncs1. The summed E-state index contributed by atoms with van der Waals surface area (Å²) in [6, 6.07) is 0. The molecule has 0 aliphatic carbocycles. The second kappa shape index (κ2) is 6.60. The Balaban J connectivity index is 2.06. The summed E-state index contributed by atoms with van der Waals surface area (Å²) in [6.07, 6.45) is 2.26. The molecule has 2 N–H and O–H groups in total. The monoisotopic (exact) mass is 284 g/mol. The molecule has 18 heavy (non-hydrogen) atoms. The van der Waals surface area contributed by atoms with Crippen molar-refractivity contribution in [2.75, 3.05) is 10.6 Å². The van der Waals surface area contributed by atoms with Gasteiger partial charge in [0.1, 0.15) is 17.2 Å². The highest BCUT2D eigenvalue weighted by Gasteiger charge is 2.20. The fraction of sp³-hybridized carbons (Fsp3) is 0.600. The Morgan fingerprint density at radius 3 is 1.83 bits per heavy atom. The molecule has 0 radical (unpaired) electrons. The Labute approximate surface area is 114 Å². The van der Waals surface area contributed by atoms with E-state index in [0.29, 0.717) is 5.92 Å². The Kier molecular flexibility index (Phi) is 4.82. The fourth-order valence-corrected chi connectivity index (χ4v) is 2.74. The van der Waals surface area contributed by atoms with Crippen molar-refractivity contribution >= 4 is 32.9 Å². The van der Waals surface area contributed by atoms with E-state index in [1.54, 1.807) is 11.0 Å². The van der Waals surface area contributed by atoms with E-state index in [9.17, 15) is 0 Å². The van der Waals surface area contributed by atoms with Crippen molar-refractivity contribution in [2.45, 2.75) is 32.9 Å². The predicted octanol–water partition coefficient (Wildman–Crippen LogP) is 2.68. The van der Waals surface area contributed by atoms with Gasteiger partial charge >= 0.3 is 0 Å². The van der Waals surface area contributed by atoms with Crippen LogP contribution in [-0.2, 0) is 0 Å². The summed E-state index contributed by atoms with van der Waals surface area (Å²) in [5.41, 5.74) is 3.44. The highest BCUT2D eigenvalue weighted by atomic mass is 32.1. The van der Waals surface area contributed by atoms with E-state index in [1.807, 2.05) is 0 Å². The molecule has 2 heterocycles. The molecule has 98 valence electrons. The minimum absolute atomic E-state index is 0.0981. The fourth-order valence-electron chi connectivity index (χ4n) is 1.77. The van der Waals surface area contributed by atoms with E-state index in [4.69, 9.17) is 0 Å². The van der Waals surface area contributed by atoms with Crippen LogP contribution >= 0.6 is 22.7 Å². The molecular formula is C10H16N6S2. The van der Waals surface area contributed by atoms with Gasteiger partial charge in [-0.3, -0.25) is 0 Å². The second-order valence-electron chi connectivity index (χ2n) is 3.83. The minimum atomic E-state index is 0.0981. The zero-order valence-electron chi connectivity index (χ0n) is 10.3. The first kappa shape index (κ1) is 13.2. The van der Waals surface area contributed by atoms with Crippen LogP contribution in [0.4, 0.5) is 10.3 Å². The molecule has 0 bridgehead atoms. The molecule has 0 spiro atoms. The number of aromatic nitrogens is 4. The zero-order chi connectivity index (χ0) is 12.8. The summed E-state index contributed by atoms with van der Waals surface area (Å²) in [5, 5.41) is 24.1. The standard InChI is InChI=1S/C10H16N6S2/c1-3-7(4-2)8(13-9-15-11-5-17-9)14-10-16-12-6-18-10/h5-8H,3-4H2,1-2H3,(H,13,15)(H,14,16). The van der Waals surface area contributed by atoms with Crippen LogP contribution in [0.1, 0.15) is 26.7 Å². The topological polar surface area (TPSA) is 75.6 Å². The van der Waals surface area contributed by atoms with Gasteiger partial charge in [-0.25, -0.2) is 0 Å². The van der Waals surface area contributed by atoms with Gasteiger partial charge in [-0.1, -0.05) is 36.5 Å². The van der Waals surface area contributed by atoms with Crippen LogP contribution in [0, 0.1) is 5.92 Å². The third-order valence-electron chi connectivity index (χ3n) is 2.80. The molecule has 6 nitrogen and oxygen atoms in total. The lowest BCUT2D eigenvalue weighted by atomic mass is 10.00. The lowest BCUT2D eigenvalue weighted by molar-refractivity contribution is 0.444. The normalized spacial score (nSPS) is 11.1. The van der Waals surface area contributed by atoms with Crippen molar-refractivity contribution in [3.05, 3.63) is 11.0 Å². The van der Waals surface area contributed by atoms with Crippen molar-refractivity contribution in [1.29, 1.82) is 0 Å². The number of nitrogens with one attached hydrogen (secondary N) is 2. The molecule has 0 aliphatic heterocycles. The maximum absolute atomic E-state index is 4.02. The molecule has 0 aromatic carbocycles. The van der Waals surface area contributed by atoms with Gasteiger partial charge in [0.15, 0.2) is 0 Å². The molecule has 8 heteroatoms. The van der Waals surface area contributed by atoms with Crippen LogP contribution < -0.4 is 10.6 Å². The van der Waals surface area contributed by atoms with Gasteiger partial charge < -0.3 is 10.6 Å². The average molecular weight is 284 g/mol. The van der Waals surface area contributed by atoms with E-state index in [2.05, 4.69) is 44.9 Å². The van der Waals surface area contributed by atoms with Crippen LogP contribution in [0.15, 0.2) is 11.0 Å². The van der Waals surface area contributed by atoms with E-state index < -0.39 is 0 Å². The molecule has 0 unspecified atom stereocenters. The highest BCUT2D eigenvalue weighted by Crippen LogP contribution is 2.21. The van der Waals surface area contributed by atoms with Crippen LogP contribution in [0.5, 0.6) is 0 Å². The maximum Gasteiger partial charge on any atom is 0.207 e. The van der Waals surface area contributed by atoms with Crippen molar-refractivity contribution in [1.82, 2.24) is 20.4 Å². The Morgan fingerprint density at radius 2 is 1.50 bits per heavy atom. The van der Waals surface area contributed by atoms with Crippen LogP contribution in [0.3, 0.4) is 0 Å². The first-order valence-corrected chi connectivity index (χ1v) is 7.64. The predicted molar refractivity (Wildman–Crippen MR) is 74.9 cm³/mol. The molecule has 0 fully saturated rings. The zero-order valence-corrected chi connectivity index (χ0v) is 12.0. The van der Waals surface area contributed by atoms with Crippen molar-refractivity contribution in [2.24, 2.45) is 5.92 Å². The smallest absolute Gasteiger partial charge is 0.207 e. The summed E-state index contributed by atoms with van der Waals surface area (Å²) in [7, 11) is 0. The van der Waals surface area contributed by atoms with Crippen LogP contribution in [-0.4, -0.2) is 26.6 Å². The van der Waals surface area contributed by atoms with Crippen molar-refractivity contribution < 1.29 is 0 Å². The minimum Gasteiger partial charge on any atom is -0.340 e. The second-order valence-corrected chi connectivity index (χ2v) is 5.50. The van der Waals surface area contributed by atoms with Gasteiger partial charge in [0.05, 0.1) is 0 Å². The van der Waals surface area contributed by atoms with E-state index in [1.165, 1.54) is 22.7 Å². The molecular weight excluding hydrogens is 268 g/mol. The van der Waals surface area contributed by atoms with Crippen molar-refractivity contribution in [3.8, 4) is 0 Å². The number of nitrogens with zero attached hydrogens (tertiary/aromatic N) is 4. The van der Waals surface area contributed by atoms with Gasteiger partial charge in [-0.2, -0.15) is 0 Å². The van der Waals surface area contributed by atoms with Gasteiger partial charge in [0.25, 0.3) is 0 Å². The summed E-state index contributed by atoms with van der Waals surface area (Å²) < 4.78 is 0. The van der Waals surface area contributed by atoms with Gasteiger partial charge in [-0.05, 0) is 18.8 Å². The number of anilines is 2. The number of hydrogen-bond acceptors (Lipinski definition) is 8. The Bertz CT molecular complexity index is 389. The lowest BCUT2D eigenvalue weighted by Gasteiger charge is -2.26. The molecule has 0 amide bonds. The largest absolute Gasteiger partial charge is 0.340 e. The lowest BCUT2D eigenvalue weighted by Crippen LogP contribution is -2.36. The first-order valence-electron chi connectivity index (χ1n) is 5.88. The molecule has 2 aromatic rings. The number of hydrogen-bond donors (Lipinski definition) is 2. The molecule has 0 aliphatic rings. The molecule has 0 saturated carbocycles. The average Bonchev–Trinajstić information content (AvgIpc) is 3.03. The first-order chi connectivity index (χ1) is 8.83. The summed E-state index contributed by atoms with van der Waals surface area (Å²) >= 11 is 2.99. The summed E-state index contributed by atoms with van der Waals surface area (Å²) in [5.74, 6) is 0.498. The summed E-state index contributed by atoms with van der Waals surface area (Å²) in [6.45, 7) is 4.37. The molecule has 0 atom stereocenters. The van der Waals surface area contributed by atoms with E-state index in [0.717, 1.165) is 23.1 Å². The van der Waals surface area contributed by atoms with Gasteiger partial charge in [0, 0.05) is 0 Å².